The van der Waals surface area contributed by atoms with Crippen molar-refractivity contribution >= 4 is 43.4 Å². The molecule has 0 atom stereocenters. The molecule has 0 unspecified atom stereocenters. The molecule has 0 saturated heterocycles. The molecular weight excluding hydrogens is 324 g/mol. The van der Waals surface area contributed by atoms with Crippen molar-refractivity contribution in [2.24, 2.45) is 7.05 Å². The average molecular weight is 340 g/mol. The molecule has 0 bridgehead atoms. The van der Waals surface area contributed by atoms with E-state index in [1.807, 2.05) is 36.1 Å². The van der Waals surface area contributed by atoms with Gasteiger partial charge in [0.2, 0.25) is 0 Å². The van der Waals surface area contributed by atoms with Gasteiger partial charge in [-0.15, -0.1) is 0 Å². The van der Waals surface area contributed by atoms with Crippen LogP contribution in [0.15, 0.2) is 36.7 Å². The SMILES string of the molecule is COc1ccc(OC)c(Nc2nc3c(ccc4c3ncn4C)s2)c1. The van der Waals surface area contributed by atoms with Gasteiger partial charge in [0, 0.05) is 13.1 Å². The van der Waals surface area contributed by atoms with Crippen LogP contribution in [0.4, 0.5) is 10.8 Å². The summed E-state index contributed by atoms with van der Waals surface area (Å²) in [6.07, 6.45) is 1.81. The van der Waals surface area contributed by atoms with Gasteiger partial charge in [-0.1, -0.05) is 11.3 Å². The van der Waals surface area contributed by atoms with Gasteiger partial charge in [-0.05, 0) is 24.3 Å². The topological polar surface area (TPSA) is 61.2 Å². The second-order valence-electron chi connectivity index (χ2n) is 5.35. The molecule has 0 radical (unpaired) electrons. The normalized spacial score (nSPS) is 11.1. The van der Waals surface area contributed by atoms with Crippen LogP contribution >= 0.6 is 11.3 Å². The standard InChI is InChI=1S/C17H16N4O2S/c1-21-9-18-15-12(21)5-7-14-16(15)20-17(24-14)19-11-8-10(22-2)4-6-13(11)23-3/h4-9H,1-3H3,(H,19,20). The molecule has 2 aromatic heterocycles. The average Bonchev–Trinajstić information content (AvgIpc) is 3.17. The van der Waals surface area contributed by atoms with E-state index in [9.17, 15) is 0 Å². The molecule has 2 heterocycles. The van der Waals surface area contributed by atoms with Crippen LogP contribution in [-0.4, -0.2) is 28.8 Å². The summed E-state index contributed by atoms with van der Waals surface area (Å²) in [6, 6.07) is 9.76. The van der Waals surface area contributed by atoms with Crippen LogP contribution in [0.1, 0.15) is 0 Å². The van der Waals surface area contributed by atoms with Crippen LogP contribution < -0.4 is 14.8 Å². The fourth-order valence-corrected chi connectivity index (χ4v) is 3.55. The van der Waals surface area contributed by atoms with E-state index in [2.05, 4.69) is 22.4 Å². The van der Waals surface area contributed by atoms with E-state index in [0.29, 0.717) is 0 Å². The van der Waals surface area contributed by atoms with Crippen LogP contribution in [-0.2, 0) is 7.05 Å². The Morgan fingerprint density at radius 1 is 1.08 bits per heavy atom. The molecule has 24 heavy (non-hydrogen) atoms. The Kier molecular flexibility index (Phi) is 3.50. The summed E-state index contributed by atoms with van der Waals surface area (Å²) in [4.78, 5) is 9.18. The maximum absolute atomic E-state index is 5.41. The molecule has 6 nitrogen and oxygen atoms in total. The molecule has 1 N–H and O–H groups in total. The van der Waals surface area contributed by atoms with Crippen LogP contribution in [0.2, 0.25) is 0 Å². The molecule has 0 fully saturated rings. The van der Waals surface area contributed by atoms with E-state index in [0.717, 1.165) is 43.6 Å². The second kappa shape index (κ2) is 5.68. The van der Waals surface area contributed by atoms with Crippen molar-refractivity contribution in [2.45, 2.75) is 0 Å². The maximum atomic E-state index is 5.41. The summed E-state index contributed by atoms with van der Waals surface area (Å²) in [7, 11) is 5.26. The van der Waals surface area contributed by atoms with Gasteiger partial charge in [-0.3, -0.25) is 0 Å². The number of thiazole rings is 1. The number of aromatic nitrogens is 3. The monoisotopic (exact) mass is 340 g/mol. The molecule has 0 aliphatic carbocycles. The lowest BCUT2D eigenvalue weighted by molar-refractivity contribution is 0.405. The van der Waals surface area contributed by atoms with E-state index in [1.165, 1.54) is 0 Å². The summed E-state index contributed by atoms with van der Waals surface area (Å²) >= 11 is 1.58. The van der Waals surface area contributed by atoms with E-state index in [1.54, 1.807) is 25.6 Å². The van der Waals surface area contributed by atoms with E-state index in [-0.39, 0.29) is 0 Å². The summed E-state index contributed by atoms with van der Waals surface area (Å²) in [5, 5.41) is 4.11. The number of aryl methyl sites for hydroxylation is 1. The van der Waals surface area contributed by atoms with Gasteiger partial charge in [0.05, 0.1) is 36.5 Å². The highest BCUT2D eigenvalue weighted by Gasteiger charge is 2.12. The second-order valence-corrected chi connectivity index (χ2v) is 6.38. The van der Waals surface area contributed by atoms with Crippen molar-refractivity contribution in [1.29, 1.82) is 0 Å². The lowest BCUT2D eigenvalue weighted by Gasteiger charge is -2.10. The van der Waals surface area contributed by atoms with Gasteiger partial charge < -0.3 is 19.4 Å². The summed E-state index contributed by atoms with van der Waals surface area (Å²) in [6.45, 7) is 0. The van der Waals surface area contributed by atoms with Gasteiger partial charge in [0.1, 0.15) is 22.5 Å². The number of nitrogens with one attached hydrogen (secondary N) is 1. The molecule has 4 aromatic rings. The number of rotatable bonds is 4. The highest BCUT2D eigenvalue weighted by atomic mass is 32.1. The molecule has 7 heteroatoms. The van der Waals surface area contributed by atoms with E-state index < -0.39 is 0 Å². The number of benzene rings is 2. The highest BCUT2D eigenvalue weighted by molar-refractivity contribution is 7.22. The Morgan fingerprint density at radius 2 is 1.96 bits per heavy atom. The first-order valence-corrected chi connectivity index (χ1v) is 8.21. The van der Waals surface area contributed by atoms with Crippen LogP contribution in [0.5, 0.6) is 11.5 Å². The fraction of sp³-hybridized carbons (Fsp3) is 0.176. The molecule has 0 amide bonds. The van der Waals surface area contributed by atoms with Crippen molar-refractivity contribution in [2.75, 3.05) is 19.5 Å². The lowest BCUT2D eigenvalue weighted by Crippen LogP contribution is -1.95. The Labute approximate surface area is 142 Å². The van der Waals surface area contributed by atoms with Gasteiger partial charge in [-0.25, -0.2) is 9.97 Å². The Balaban J connectivity index is 1.79. The number of nitrogens with zero attached hydrogens (tertiary/aromatic N) is 3. The minimum absolute atomic E-state index is 0.734. The minimum Gasteiger partial charge on any atom is -0.497 e. The largest absolute Gasteiger partial charge is 0.497 e. The molecule has 0 aliphatic rings. The molecule has 0 spiro atoms. The molecule has 2 aromatic carbocycles. The number of methoxy groups -OCH3 is 2. The third kappa shape index (κ3) is 2.33. The number of ether oxygens (including phenoxy) is 2. The molecular formula is C17H16N4O2S. The molecule has 122 valence electrons. The zero-order valence-corrected chi connectivity index (χ0v) is 14.3. The van der Waals surface area contributed by atoms with Crippen molar-refractivity contribution in [3.05, 3.63) is 36.7 Å². The summed E-state index contributed by atoms with van der Waals surface area (Å²) in [5.41, 5.74) is 3.70. The van der Waals surface area contributed by atoms with E-state index in [4.69, 9.17) is 14.5 Å². The number of imidazole rings is 1. The summed E-state index contributed by atoms with van der Waals surface area (Å²) in [5.74, 6) is 1.49. The van der Waals surface area contributed by atoms with Crippen molar-refractivity contribution < 1.29 is 9.47 Å². The predicted molar refractivity (Wildman–Crippen MR) is 96.7 cm³/mol. The van der Waals surface area contributed by atoms with Gasteiger partial charge in [0.15, 0.2) is 5.13 Å². The van der Waals surface area contributed by atoms with Gasteiger partial charge in [0.25, 0.3) is 0 Å². The van der Waals surface area contributed by atoms with Crippen molar-refractivity contribution in [1.82, 2.24) is 14.5 Å². The highest BCUT2D eigenvalue weighted by Crippen LogP contribution is 2.36. The molecule has 4 rings (SSSR count). The van der Waals surface area contributed by atoms with Gasteiger partial charge in [-0.2, -0.15) is 0 Å². The maximum Gasteiger partial charge on any atom is 0.188 e. The quantitative estimate of drug-likeness (QED) is 0.610. The predicted octanol–water partition coefficient (Wildman–Crippen LogP) is 3.94. The zero-order valence-electron chi connectivity index (χ0n) is 13.5. The first-order valence-electron chi connectivity index (χ1n) is 7.39. The Hall–Kier alpha value is -2.80. The third-order valence-electron chi connectivity index (χ3n) is 3.90. The van der Waals surface area contributed by atoms with Crippen molar-refractivity contribution in [3.8, 4) is 11.5 Å². The van der Waals surface area contributed by atoms with Crippen LogP contribution in [0.3, 0.4) is 0 Å². The van der Waals surface area contributed by atoms with E-state index >= 15 is 0 Å². The fourth-order valence-electron chi connectivity index (χ4n) is 2.67. The van der Waals surface area contributed by atoms with Crippen LogP contribution in [0.25, 0.3) is 21.3 Å². The number of fused-ring (bicyclic) bond motifs is 3. The lowest BCUT2D eigenvalue weighted by atomic mass is 10.2. The number of hydrogen-bond acceptors (Lipinski definition) is 6. The first-order chi connectivity index (χ1) is 11.7. The van der Waals surface area contributed by atoms with Gasteiger partial charge >= 0.3 is 0 Å². The zero-order chi connectivity index (χ0) is 16.7. The number of anilines is 2. The summed E-state index contributed by atoms with van der Waals surface area (Å²) < 4.78 is 13.8. The van der Waals surface area contributed by atoms with Crippen LogP contribution in [0, 0.1) is 0 Å². The number of hydrogen-bond donors (Lipinski definition) is 1. The molecule has 0 aliphatic heterocycles. The Morgan fingerprint density at radius 3 is 2.75 bits per heavy atom. The smallest absolute Gasteiger partial charge is 0.188 e. The first kappa shape index (κ1) is 14.8. The third-order valence-corrected chi connectivity index (χ3v) is 4.84. The minimum atomic E-state index is 0.734. The molecule has 0 saturated carbocycles. The Bertz CT molecular complexity index is 1040. The van der Waals surface area contributed by atoms with Crippen molar-refractivity contribution in [3.63, 3.8) is 0 Å².